The summed E-state index contributed by atoms with van der Waals surface area (Å²) in [5.41, 5.74) is 0.547. The van der Waals surface area contributed by atoms with Gasteiger partial charge in [0, 0.05) is 13.1 Å². The molecule has 38 heavy (non-hydrogen) atoms. The summed E-state index contributed by atoms with van der Waals surface area (Å²) in [5.74, 6) is -0.497. The molecule has 0 heterocycles. The van der Waals surface area contributed by atoms with Crippen molar-refractivity contribution in [3.8, 4) is 5.75 Å². The van der Waals surface area contributed by atoms with Crippen LogP contribution in [0.5, 0.6) is 5.75 Å². The van der Waals surface area contributed by atoms with Crippen LogP contribution in [0.4, 0.5) is 4.79 Å². The number of amides is 3. The largest absolute Gasteiger partial charge is 0.508 e. The first kappa shape index (κ1) is 33.3. The fraction of sp³-hybridized carbons (Fsp3) is 0.700. The molecule has 2 atom stereocenters. The predicted molar refractivity (Wildman–Crippen MR) is 152 cm³/mol. The summed E-state index contributed by atoms with van der Waals surface area (Å²) in [4.78, 5) is 41.3. The molecule has 1 rings (SSSR count). The summed E-state index contributed by atoms with van der Waals surface area (Å²) < 4.78 is 5.34. The topological polar surface area (TPSA) is 108 Å². The van der Waals surface area contributed by atoms with Crippen LogP contribution in [-0.4, -0.2) is 52.6 Å². The molecule has 3 amide bonds. The molecule has 0 aromatic heterocycles. The lowest BCUT2D eigenvalue weighted by atomic mass is 9.99. The van der Waals surface area contributed by atoms with Crippen LogP contribution >= 0.6 is 0 Å². The SMILES string of the molecule is CCCCCCCCN(C(=O)C(C)NC(=O)OC(C)(C)C)C(C(=O)NCCCCC)c1ccc(O)c(C)c1. The molecule has 2 unspecified atom stereocenters. The van der Waals surface area contributed by atoms with E-state index in [1.807, 2.05) is 0 Å². The Hall–Kier alpha value is -2.77. The van der Waals surface area contributed by atoms with E-state index in [0.29, 0.717) is 24.2 Å². The second-order valence-corrected chi connectivity index (χ2v) is 11.1. The van der Waals surface area contributed by atoms with Crippen molar-refractivity contribution < 1.29 is 24.2 Å². The Balaban J connectivity index is 3.27. The standard InChI is InChI=1S/C30H51N3O5/c1-8-10-12-13-14-16-20-33(28(36)23(4)32-29(37)38-30(5,6)7)26(27(35)31-19-15-11-9-2)24-17-18-25(34)22(3)21-24/h17-18,21,23,26,34H,8-16,19-20H2,1-7H3,(H,31,35)(H,32,37). The number of unbranched alkanes of at least 4 members (excludes halogenated alkanes) is 7. The van der Waals surface area contributed by atoms with Gasteiger partial charge in [0.05, 0.1) is 0 Å². The molecule has 0 fully saturated rings. The van der Waals surface area contributed by atoms with Crippen molar-refractivity contribution in [1.29, 1.82) is 0 Å². The summed E-state index contributed by atoms with van der Waals surface area (Å²) in [6.45, 7) is 13.8. The maximum atomic E-state index is 13.8. The number of rotatable bonds is 16. The zero-order chi connectivity index (χ0) is 28.7. The maximum absolute atomic E-state index is 13.8. The van der Waals surface area contributed by atoms with Crippen molar-refractivity contribution in [3.05, 3.63) is 29.3 Å². The molecule has 8 heteroatoms. The fourth-order valence-corrected chi connectivity index (χ4v) is 4.23. The Kier molecular flexibility index (Phi) is 14.8. The zero-order valence-corrected chi connectivity index (χ0v) is 24.7. The number of nitrogens with zero attached hydrogens (tertiary/aromatic N) is 1. The molecule has 0 aliphatic heterocycles. The number of benzene rings is 1. The Labute approximate surface area is 229 Å². The number of hydrogen-bond acceptors (Lipinski definition) is 5. The van der Waals surface area contributed by atoms with E-state index in [0.717, 1.165) is 51.4 Å². The van der Waals surface area contributed by atoms with Gasteiger partial charge in [-0.05, 0) is 70.7 Å². The molecule has 0 saturated heterocycles. The van der Waals surface area contributed by atoms with Gasteiger partial charge in [-0.1, -0.05) is 64.9 Å². The Morgan fingerprint density at radius 2 is 1.58 bits per heavy atom. The van der Waals surface area contributed by atoms with E-state index in [-0.39, 0.29) is 17.6 Å². The maximum Gasteiger partial charge on any atom is 0.408 e. The monoisotopic (exact) mass is 533 g/mol. The quantitative estimate of drug-likeness (QED) is 0.221. The molecule has 216 valence electrons. The van der Waals surface area contributed by atoms with E-state index in [9.17, 15) is 19.5 Å². The smallest absolute Gasteiger partial charge is 0.408 e. The van der Waals surface area contributed by atoms with Gasteiger partial charge < -0.3 is 25.4 Å². The first-order valence-corrected chi connectivity index (χ1v) is 14.3. The molecule has 0 radical (unpaired) electrons. The van der Waals surface area contributed by atoms with Crippen LogP contribution in [0.15, 0.2) is 18.2 Å². The zero-order valence-electron chi connectivity index (χ0n) is 24.7. The van der Waals surface area contributed by atoms with E-state index in [1.54, 1.807) is 57.7 Å². The third-order valence-corrected chi connectivity index (χ3v) is 6.32. The summed E-state index contributed by atoms with van der Waals surface area (Å²) in [6, 6.07) is 3.21. The van der Waals surface area contributed by atoms with E-state index in [1.165, 1.54) is 6.42 Å². The number of ether oxygens (including phenoxy) is 1. The lowest BCUT2D eigenvalue weighted by molar-refractivity contribution is -0.142. The normalized spacial score (nSPS) is 12.9. The van der Waals surface area contributed by atoms with Crippen molar-refractivity contribution in [2.24, 2.45) is 0 Å². The highest BCUT2D eigenvalue weighted by Crippen LogP contribution is 2.27. The van der Waals surface area contributed by atoms with Gasteiger partial charge in [0.15, 0.2) is 0 Å². The van der Waals surface area contributed by atoms with E-state index in [2.05, 4.69) is 24.5 Å². The van der Waals surface area contributed by atoms with Crippen molar-refractivity contribution in [2.75, 3.05) is 13.1 Å². The minimum Gasteiger partial charge on any atom is -0.508 e. The minimum absolute atomic E-state index is 0.129. The highest BCUT2D eigenvalue weighted by molar-refractivity contribution is 5.92. The molecule has 8 nitrogen and oxygen atoms in total. The first-order chi connectivity index (χ1) is 17.9. The van der Waals surface area contributed by atoms with Gasteiger partial charge in [0.2, 0.25) is 11.8 Å². The van der Waals surface area contributed by atoms with Crippen LogP contribution in [0.25, 0.3) is 0 Å². The highest BCUT2D eigenvalue weighted by atomic mass is 16.6. The van der Waals surface area contributed by atoms with Crippen LogP contribution in [0.3, 0.4) is 0 Å². The van der Waals surface area contributed by atoms with Gasteiger partial charge in [-0.15, -0.1) is 0 Å². The number of alkyl carbamates (subject to hydrolysis) is 1. The number of aromatic hydroxyl groups is 1. The Bertz CT molecular complexity index is 881. The average molecular weight is 534 g/mol. The van der Waals surface area contributed by atoms with Gasteiger partial charge in [-0.25, -0.2) is 4.79 Å². The van der Waals surface area contributed by atoms with Crippen molar-refractivity contribution in [1.82, 2.24) is 15.5 Å². The molecular formula is C30H51N3O5. The van der Waals surface area contributed by atoms with Crippen LogP contribution < -0.4 is 10.6 Å². The molecule has 0 aliphatic carbocycles. The van der Waals surface area contributed by atoms with Crippen molar-refractivity contribution in [2.45, 2.75) is 124 Å². The molecule has 1 aromatic rings. The van der Waals surface area contributed by atoms with E-state index >= 15 is 0 Å². The van der Waals surface area contributed by atoms with Crippen molar-refractivity contribution >= 4 is 17.9 Å². The van der Waals surface area contributed by atoms with Crippen LogP contribution in [0, 0.1) is 6.92 Å². The number of phenolic OH excluding ortho intramolecular Hbond substituents is 1. The second-order valence-electron chi connectivity index (χ2n) is 11.1. The summed E-state index contributed by atoms with van der Waals surface area (Å²) in [5, 5.41) is 15.7. The third-order valence-electron chi connectivity index (χ3n) is 6.32. The Morgan fingerprint density at radius 1 is 0.974 bits per heavy atom. The molecular weight excluding hydrogens is 482 g/mol. The molecule has 1 aromatic carbocycles. The summed E-state index contributed by atoms with van der Waals surface area (Å²) >= 11 is 0. The van der Waals surface area contributed by atoms with Crippen LogP contribution in [0.1, 0.15) is 116 Å². The molecule has 0 bridgehead atoms. The van der Waals surface area contributed by atoms with Gasteiger partial charge in [-0.2, -0.15) is 0 Å². The molecule has 0 spiro atoms. The number of carbonyl (C=O) groups excluding carboxylic acids is 3. The Morgan fingerprint density at radius 3 is 2.18 bits per heavy atom. The summed E-state index contributed by atoms with van der Waals surface area (Å²) in [7, 11) is 0. The average Bonchev–Trinajstić information content (AvgIpc) is 2.83. The lowest BCUT2D eigenvalue weighted by Gasteiger charge is -2.34. The molecule has 0 aliphatic rings. The number of aryl methyl sites for hydroxylation is 1. The molecule has 3 N–H and O–H groups in total. The van der Waals surface area contributed by atoms with Gasteiger partial charge >= 0.3 is 6.09 Å². The second kappa shape index (κ2) is 16.9. The highest BCUT2D eigenvalue weighted by Gasteiger charge is 2.34. The van der Waals surface area contributed by atoms with Gasteiger partial charge in [0.1, 0.15) is 23.4 Å². The van der Waals surface area contributed by atoms with Crippen LogP contribution in [0.2, 0.25) is 0 Å². The summed E-state index contributed by atoms with van der Waals surface area (Å²) in [6.07, 6.45) is 8.42. The van der Waals surface area contributed by atoms with E-state index < -0.39 is 23.8 Å². The van der Waals surface area contributed by atoms with E-state index in [4.69, 9.17) is 4.74 Å². The molecule has 0 saturated carbocycles. The minimum atomic E-state index is -0.890. The van der Waals surface area contributed by atoms with Gasteiger partial charge in [-0.3, -0.25) is 9.59 Å². The van der Waals surface area contributed by atoms with Gasteiger partial charge in [0.25, 0.3) is 0 Å². The van der Waals surface area contributed by atoms with Crippen LogP contribution in [-0.2, 0) is 14.3 Å². The number of hydrogen-bond donors (Lipinski definition) is 3. The number of nitrogens with one attached hydrogen (secondary N) is 2. The first-order valence-electron chi connectivity index (χ1n) is 14.3. The number of phenols is 1. The third kappa shape index (κ3) is 12.2. The van der Waals surface area contributed by atoms with Crippen molar-refractivity contribution in [3.63, 3.8) is 0 Å². The predicted octanol–water partition coefficient (Wildman–Crippen LogP) is 6.15. The number of carbonyl (C=O) groups is 3. The fourth-order valence-electron chi connectivity index (χ4n) is 4.23. The lowest BCUT2D eigenvalue weighted by Crippen LogP contribution is -2.52.